The second-order valence-corrected chi connectivity index (χ2v) is 6.38. The topological polar surface area (TPSA) is 73.6 Å². The minimum Gasteiger partial charge on any atom is -0.454 e. The Kier molecular flexibility index (Phi) is 3.77. The number of ether oxygens (including phenoxy) is 1. The molecule has 0 saturated heterocycles. The number of aryl methyl sites for hydroxylation is 1. The average Bonchev–Trinajstić information content (AvgIpc) is 3.00. The summed E-state index contributed by atoms with van der Waals surface area (Å²) in [6.07, 6.45) is 0. The molecule has 3 heterocycles. The van der Waals surface area contributed by atoms with Gasteiger partial charge in [0.15, 0.2) is 4.96 Å². The molecule has 7 heteroatoms. The van der Waals surface area contributed by atoms with E-state index in [9.17, 15) is 9.59 Å². The minimum absolute atomic E-state index is 0.0734. The van der Waals surface area contributed by atoms with Crippen LogP contribution in [0, 0.1) is 6.92 Å². The van der Waals surface area contributed by atoms with Crippen molar-refractivity contribution >= 4 is 33.2 Å². The molecule has 124 valence electrons. The number of nitrogens with zero attached hydrogens (tertiary/aromatic N) is 3. The number of benzene rings is 1. The van der Waals surface area contributed by atoms with Gasteiger partial charge in [0, 0.05) is 22.5 Å². The molecule has 0 saturated carbocycles. The third-order valence-corrected chi connectivity index (χ3v) is 4.73. The van der Waals surface area contributed by atoms with Crippen LogP contribution in [0.4, 0.5) is 0 Å². The first-order chi connectivity index (χ1) is 12.1. The van der Waals surface area contributed by atoms with Crippen molar-refractivity contribution in [2.75, 3.05) is 0 Å². The Morgan fingerprint density at radius 1 is 1.20 bits per heavy atom. The monoisotopic (exact) mass is 351 g/mol. The van der Waals surface area contributed by atoms with E-state index in [1.807, 2.05) is 42.6 Å². The molecule has 0 unspecified atom stereocenters. The minimum atomic E-state index is -0.546. The van der Waals surface area contributed by atoms with E-state index in [2.05, 4.69) is 9.97 Å². The maximum Gasteiger partial charge on any atom is 0.357 e. The fourth-order valence-corrected chi connectivity index (χ4v) is 3.46. The van der Waals surface area contributed by atoms with E-state index < -0.39 is 5.97 Å². The summed E-state index contributed by atoms with van der Waals surface area (Å²) >= 11 is 1.37. The molecular weight excluding hydrogens is 338 g/mol. The van der Waals surface area contributed by atoms with Gasteiger partial charge in [-0.2, -0.15) is 0 Å². The van der Waals surface area contributed by atoms with Crippen molar-refractivity contribution in [1.82, 2.24) is 14.4 Å². The molecule has 0 aliphatic heterocycles. The molecule has 0 aliphatic rings. The lowest BCUT2D eigenvalue weighted by Crippen LogP contribution is -2.16. The lowest BCUT2D eigenvalue weighted by atomic mass is 10.2. The number of carbonyl (C=O) groups is 1. The quantitative estimate of drug-likeness (QED) is 0.531. The molecule has 3 aromatic heterocycles. The maximum atomic E-state index is 12.2. The normalized spacial score (nSPS) is 11.1. The number of thiazole rings is 1. The molecule has 0 amide bonds. The van der Waals surface area contributed by atoms with Crippen LogP contribution in [0.2, 0.25) is 0 Å². The highest BCUT2D eigenvalue weighted by Gasteiger charge is 2.12. The summed E-state index contributed by atoms with van der Waals surface area (Å²) in [7, 11) is 0. The SMILES string of the molecule is Cc1csc2nc(COC(=O)c3ccc4ccccc4n3)cc(=O)n12. The van der Waals surface area contributed by atoms with Crippen LogP contribution in [0.3, 0.4) is 0 Å². The van der Waals surface area contributed by atoms with Crippen molar-refractivity contribution in [2.24, 2.45) is 0 Å². The third-order valence-electron chi connectivity index (χ3n) is 3.79. The number of hydrogen-bond donors (Lipinski definition) is 0. The lowest BCUT2D eigenvalue weighted by molar-refractivity contribution is 0.0461. The van der Waals surface area contributed by atoms with Gasteiger partial charge in [0.05, 0.1) is 11.2 Å². The molecule has 25 heavy (non-hydrogen) atoms. The van der Waals surface area contributed by atoms with Gasteiger partial charge in [-0.15, -0.1) is 11.3 Å². The van der Waals surface area contributed by atoms with Gasteiger partial charge < -0.3 is 4.74 Å². The van der Waals surface area contributed by atoms with Gasteiger partial charge >= 0.3 is 5.97 Å². The predicted octanol–water partition coefficient (Wildman–Crippen LogP) is 2.97. The number of fused-ring (bicyclic) bond motifs is 2. The third kappa shape index (κ3) is 2.89. The molecule has 0 radical (unpaired) electrons. The zero-order valence-electron chi connectivity index (χ0n) is 13.3. The summed E-state index contributed by atoms with van der Waals surface area (Å²) < 4.78 is 6.79. The van der Waals surface area contributed by atoms with Crippen LogP contribution >= 0.6 is 11.3 Å². The predicted molar refractivity (Wildman–Crippen MR) is 94.9 cm³/mol. The largest absolute Gasteiger partial charge is 0.454 e. The van der Waals surface area contributed by atoms with Gasteiger partial charge in [-0.3, -0.25) is 9.20 Å². The summed E-state index contributed by atoms with van der Waals surface area (Å²) in [5, 5.41) is 2.81. The highest BCUT2D eigenvalue weighted by atomic mass is 32.1. The Morgan fingerprint density at radius 2 is 2.04 bits per heavy atom. The first-order valence-electron chi connectivity index (χ1n) is 7.61. The molecule has 0 N–H and O–H groups in total. The Morgan fingerprint density at radius 3 is 2.92 bits per heavy atom. The van der Waals surface area contributed by atoms with Crippen molar-refractivity contribution in [3.63, 3.8) is 0 Å². The van der Waals surface area contributed by atoms with E-state index in [-0.39, 0.29) is 17.9 Å². The van der Waals surface area contributed by atoms with Crippen LogP contribution < -0.4 is 5.56 Å². The Labute approximate surface area is 146 Å². The lowest BCUT2D eigenvalue weighted by Gasteiger charge is -2.05. The fourth-order valence-electron chi connectivity index (χ4n) is 2.57. The number of pyridine rings is 1. The second-order valence-electron chi connectivity index (χ2n) is 5.55. The highest BCUT2D eigenvalue weighted by molar-refractivity contribution is 7.15. The van der Waals surface area contributed by atoms with E-state index in [0.717, 1.165) is 16.6 Å². The number of rotatable bonds is 3. The van der Waals surface area contributed by atoms with Crippen LogP contribution in [0.1, 0.15) is 21.9 Å². The number of aromatic nitrogens is 3. The summed E-state index contributed by atoms with van der Waals surface area (Å²) in [4.78, 5) is 33.6. The van der Waals surface area contributed by atoms with Crippen molar-refractivity contribution in [3.8, 4) is 0 Å². The van der Waals surface area contributed by atoms with E-state index >= 15 is 0 Å². The van der Waals surface area contributed by atoms with E-state index in [4.69, 9.17) is 4.74 Å². The van der Waals surface area contributed by atoms with E-state index in [1.165, 1.54) is 21.8 Å². The Bertz CT molecular complexity index is 1160. The smallest absolute Gasteiger partial charge is 0.357 e. The van der Waals surface area contributed by atoms with Gasteiger partial charge in [-0.1, -0.05) is 24.3 Å². The van der Waals surface area contributed by atoms with Crippen molar-refractivity contribution < 1.29 is 9.53 Å². The molecule has 1 aromatic carbocycles. The molecule has 0 aliphatic carbocycles. The van der Waals surface area contributed by atoms with Crippen LogP contribution in [-0.4, -0.2) is 20.3 Å². The zero-order chi connectivity index (χ0) is 17.4. The van der Waals surface area contributed by atoms with Crippen molar-refractivity contribution in [3.05, 3.63) is 75.3 Å². The molecule has 0 spiro atoms. The standard InChI is InChI=1S/C18H13N3O3S/c1-11-10-25-18-19-13(8-16(22)21(11)18)9-24-17(23)15-7-6-12-4-2-3-5-14(12)20-15/h2-8,10H,9H2,1H3. The van der Waals surface area contributed by atoms with Crippen molar-refractivity contribution in [2.45, 2.75) is 13.5 Å². The molecule has 4 aromatic rings. The molecule has 6 nitrogen and oxygen atoms in total. The van der Waals surface area contributed by atoms with Gasteiger partial charge in [-0.05, 0) is 19.1 Å². The van der Waals surface area contributed by atoms with Gasteiger partial charge in [0.2, 0.25) is 0 Å². The highest BCUT2D eigenvalue weighted by Crippen LogP contribution is 2.14. The Hall–Kier alpha value is -3.06. The Balaban J connectivity index is 1.55. The van der Waals surface area contributed by atoms with E-state index in [0.29, 0.717) is 10.7 Å². The van der Waals surface area contributed by atoms with Crippen LogP contribution in [-0.2, 0) is 11.3 Å². The summed E-state index contributed by atoms with van der Waals surface area (Å²) in [6.45, 7) is 1.77. The average molecular weight is 351 g/mol. The maximum absolute atomic E-state index is 12.2. The second kappa shape index (κ2) is 6.10. The van der Waals surface area contributed by atoms with E-state index in [1.54, 1.807) is 6.07 Å². The molecule has 0 atom stereocenters. The van der Waals surface area contributed by atoms with Crippen molar-refractivity contribution in [1.29, 1.82) is 0 Å². The summed E-state index contributed by atoms with van der Waals surface area (Å²) in [6, 6.07) is 12.4. The molecule has 4 rings (SSSR count). The number of esters is 1. The first-order valence-corrected chi connectivity index (χ1v) is 8.49. The fraction of sp³-hybridized carbons (Fsp3) is 0.111. The van der Waals surface area contributed by atoms with Crippen LogP contribution in [0.5, 0.6) is 0 Å². The summed E-state index contributed by atoms with van der Waals surface area (Å²) in [5.74, 6) is -0.546. The van der Waals surface area contributed by atoms with Crippen LogP contribution in [0.15, 0.2) is 52.6 Å². The van der Waals surface area contributed by atoms with Gasteiger partial charge in [0.1, 0.15) is 12.3 Å². The first kappa shape index (κ1) is 15.5. The zero-order valence-corrected chi connectivity index (χ0v) is 14.1. The van der Waals surface area contributed by atoms with Crippen LogP contribution in [0.25, 0.3) is 15.9 Å². The number of hydrogen-bond acceptors (Lipinski definition) is 6. The molecular formula is C18H13N3O3S. The number of carbonyl (C=O) groups excluding carboxylic acids is 1. The molecule has 0 fully saturated rings. The van der Waals surface area contributed by atoms with Gasteiger partial charge in [-0.25, -0.2) is 14.8 Å². The number of para-hydroxylation sites is 1. The summed E-state index contributed by atoms with van der Waals surface area (Å²) in [5.41, 5.74) is 2.02. The van der Waals surface area contributed by atoms with Gasteiger partial charge in [0.25, 0.3) is 5.56 Å². The molecule has 0 bridgehead atoms.